The fraction of sp³-hybridized carbons (Fsp3) is 0.0952. The fourth-order valence-corrected chi connectivity index (χ4v) is 3.92. The first-order chi connectivity index (χ1) is 13.3. The first-order valence-corrected chi connectivity index (χ1v) is 10.8. The van der Waals surface area contributed by atoms with Crippen LogP contribution in [0.2, 0.25) is 0 Å². The van der Waals surface area contributed by atoms with Crippen molar-refractivity contribution < 1.29 is 13.2 Å². The molecule has 28 heavy (non-hydrogen) atoms. The lowest BCUT2D eigenvalue weighted by molar-refractivity contribution is 0.0952. The molecule has 0 aliphatic carbocycles. The van der Waals surface area contributed by atoms with Crippen LogP contribution in [0.3, 0.4) is 0 Å². The minimum atomic E-state index is -3.81. The summed E-state index contributed by atoms with van der Waals surface area (Å²) < 4.78 is 28.6. The molecule has 0 aliphatic rings. The third-order valence-corrected chi connectivity index (χ3v) is 6.02. The second-order valence-electron chi connectivity index (χ2n) is 6.27. The minimum absolute atomic E-state index is 0.116. The van der Waals surface area contributed by atoms with Gasteiger partial charge in [0.25, 0.3) is 15.9 Å². The van der Waals surface area contributed by atoms with Crippen molar-refractivity contribution >= 4 is 37.5 Å². The first-order valence-electron chi connectivity index (χ1n) is 8.56. The SMILES string of the molecule is Cc1ccc(CNC(=O)c2ccccc2NS(=O)(=O)c2ccc(Br)cc2)cc1. The summed E-state index contributed by atoms with van der Waals surface area (Å²) in [5, 5.41) is 2.83. The van der Waals surface area contributed by atoms with E-state index in [1.807, 2.05) is 31.2 Å². The van der Waals surface area contributed by atoms with Crippen molar-refractivity contribution in [2.45, 2.75) is 18.4 Å². The Morgan fingerprint density at radius 3 is 2.25 bits per heavy atom. The Morgan fingerprint density at radius 2 is 1.57 bits per heavy atom. The lowest BCUT2D eigenvalue weighted by Gasteiger charge is -2.13. The molecular formula is C21H19BrN2O3S. The second-order valence-corrected chi connectivity index (χ2v) is 8.87. The highest BCUT2D eigenvalue weighted by Gasteiger charge is 2.18. The summed E-state index contributed by atoms with van der Waals surface area (Å²) in [6.07, 6.45) is 0. The zero-order valence-electron chi connectivity index (χ0n) is 15.1. The number of hydrogen-bond donors (Lipinski definition) is 2. The molecule has 0 aliphatic heterocycles. The summed E-state index contributed by atoms with van der Waals surface area (Å²) >= 11 is 3.28. The Hall–Kier alpha value is -2.64. The molecule has 0 aromatic heterocycles. The van der Waals surface area contributed by atoms with E-state index >= 15 is 0 Å². The largest absolute Gasteiger partial charge is 0.348 e. The number of carbonyl (C=O) groups is 1. The van der Waals surface area contributed by atoms with Crippen LogP contribution < -0.4 is 10.0 Å². The number of rotatable bonds is 6. The maximum Gasteiger partial charge on any atom is 0.261 e. The van der Waals surface area contributed by atoms with Gasteiger partial charge in [-0.2, -0.15) is 0 Å². The number of aryl methyl sites for hydroxylation is 1. The zero-order valence-corrected chi connectivity index (χ0v) is 17.5. The summed E-state index contributed by atoms with van der Waals surface area (Å²) in [6, 6.07) is 20.6. The van der Waals surface area contributed by atoms with Crippen molar-refractivity contribution in [1.82, 2.24) is 5.32 Å². The quantitative estimate of drug-likeness (QED) is 0.571. The zero-order chi connectivity index (χ0) is 20.1. The number of carbonyl (C=O) groups excluding carboxylic acids is 1. The lowest BCUT2D eigenvalue weighted by Crippen LogP contribution is -2.25. The van der Waals surface area contributed by atoms with Gasteiger partial charge in [0.1, 0.15) is 0 Å². The molecule has 2 N–H and O–H groups in total. The van der Waals surface area contributed by atoms with Gasteiger partial charge < -0.3 is 5.32 Å². The smallest absolute Gasteiger partial charge is 0.261 e. The van der Waals surface area contributed by atoms with Gasteiger partial charge in [-0.05, 0) is 48.9 Å². The molecule has 0 bridgehead atoms. The molecule has 7 heteroatoms. The standard InChI is InChI=1S/C21H19BrN2O3S/c1-15-6-8-16(9-7-15)14-23-21(25)19-4-2-3-5-20(19)24-28(26,27)18-12-10-17(22)11-13-18/h2-13,24H,14H2,1H3,(H,23,25). The maximum atomic E-state index is 12.6. The number of amides is 1. The van der Waals surface area contributed by atoms with Crippen molar-refractivity contribution in [1.29, 1.82) is 0 Å². The highest BCUT2D eigenvalue weighted by atomic mass is 79.9. The van der Waals surface area contributed by atoms with Gasteiger partial charge in [-0.3, -0.25) is 9.52 Å². The lowest BCUT2D eigenvalue weighted by atomic mass is 10.1. The Kier molecular flexibility index (Phi) is 6.16. The predicted octanol–water partition coefficient (Wildman–Crippen LogP) is 4.49. The van der Waals surface area contributed by atoms with Crippen LogP contribution in [0.15, 0.2) is 82.2 Å². The Labute approximate surface area is 173 Å². The summed E-state index contributed by atoms with van der Waals surface area (Å²) in [4.78, 5) is 12.7. The number of nitrogens with one attached hydrogen (secondary N) is 2. The molecule has 0 fully saturated rings. The van der Waals surface area contributed by atoms with Crippen LogP contribution in [0.1, 0.15) is 21.5 Å². The average Bonchev–Trinajstić information content (AvgIpc) is 2.68. The summed E-state index contributed by atoms with van der Waals surface area (Å²) in [5.41, 5.74) is 2.59. The van der Waals surface area contributed by atoms with Crippen LogP contribution in [0.5, 0.6) is 0 Å². The van der Waals surface area contributed by atoms with Crippen LogP contribution in [0.4, 0.5) is 5.69 Å². The molecule has 0 unspecified atom stereocenters. The number of para-hydroxylation sites is 1. The highest BCUT2D eigenvalue weighted by molar-refractivity contribution is 9.10. The summed E-state index contributed by atoms with van der Waals surface area (Å²) in [5.74, 6) is -0.352. The van der Waals surface area contributed by atoms with Gasteiger partial charge in [0.2, 0.25) is 0 Å². The van der Waals surface area contributed by atoms with Crippen LogP contribution in [0, 0.1) is 6.92 Å². The van der Waals surface area contributed by atoms with Crippen molar-refractivity contribution in [3.8, 4) is 0 Å². The normalized spacial score (nSPS) is 11.1. The molecule has 0 spiro atoms. The molecular weight excluding hydrogens is 440 g/mol. The molecule has 0 saturated heterocycles. The number of halogens is 1. The minimum Gasteiger partial charge on any atom is -0.348 e. The molecule has 3 aromatic carbocycles. The van der Waals surface area contributed by atoms with Crippen LogP contribution >= 0.6 is 15.9 Å². The van der Waals surface area contributed by atoms with Gasteiger partial charge in [-0.15, -0.1) is 0 Å². The predicted molar refractivity (Wildman–Crippen MR) is 114 cm³/mol. The van der Waals surface area contributed by atoms with Gasteiger partial charge in [0.15, 0.2) is 0 Å². The molecule has 0 atom stereocenters. The van der Waals surface area contributed by atoms with Crippen LogP contribution in [-0.4, -0.2) is 14.3 Å². The van der Waals surface area contributed by atoms with Crippen LogP contribution in [0.25, 0.3) is 0 Å². The van der Waals surface area contributed by atoms with Gasteiger partial charge in [-0.1, -0.05) is 57.9 Å². The third-order valence-electron chi connectivity index (χ3n) is 4.11. The van der Waals surface area contributed by atoms with E-state index in [4.69, 9.17) is 0 Å². The fourth-order valence-electron chi connectivity index (χ4n) is 2.57. The van der Waals surface area contributed by atoms with Crippen molar-refractivity contribution in [2.75, 3.05) is 4.72 Å². The molecule has 0 radical (unpaired) electrons. The third kappa shape index (κ3) is 4.99. The number of sulfonamides is 1. The number of benzene rings is 3. The van der Waals surface area contributed by atoms with E-state index in [0.717, 1.165) is 15.6 Å². The molecule has 0 saturated carbocycles. The van der Waals surface area contributed by atoms with E-state index < -0.39 is 10.0 Å². The molecule has 0 heterocycles. The maximum absolute atomic E-state index is 12.6. The van der Waals surface area contributed by atoms with Gasteiger partial charge in [0, 0.05) is 11.0 Å². The molecule has 3 rings (SSSR count). The first kappa shape index (κ1) is 20.1. The second kappa shape index (κ2) is 8.58. The molecule has 1 amide bonds. The van der Waals surface area contributed by atoms with Gasteiger partial charge in [-0.25, -0.2) is 8.42 Å². The Morgan fingerprint density at radius 1 is 0.929 bits per heavy atom. The van der Waals surface area contributed by atoms with Crippen molar-refractivity contribution in [3.63, 3.8) is 0 Å². The number of hydrogen-bond acceptors (Lipinski definition) is 3. The Balaban J connectivity index is 1.77. The van der Waals surface area contributed by atoms with Crippen molar-refractivity contribution in [2.24, 2.45) is 0 Å². The van der Waals surface area contributed by atoms with E-state index in [-0.39, 0.29) is 22.1 Å². The van der Waals surface area contributed by atoms with E-state index in [0.29, 0.717) is 6.54 Å². The van der Waals surface area contributed by atoms with E-state index in [1.54, 1.807) is 36.4 Å². The van der Waals surface area contributed by atoms with Crippen LogP contribution in [-0.2, 0) is 16.6 Å². The highest BCUT2D eigenvalue weighted by Crippen LogP contribution is 2.21. The van der Waals surface area contributed by atoms with E-state index in [9.17, 15) is 13.2 Å². The van der Waals surface area contributed by atoms with E-state index in [2.05, 4.69) is 26.0 Å². The van der Waals surface area contributed by atoms with Gasteiger partial charge in [0.05, 0.1) is 16.1 Å². The monoisotopic (exact) mass is 458 g/mol. The molecule has 144 valence electrons. The van der Waals surface area contributed by atoms with Gasteiger partial charge >= 0.3 is 0 Å². The summed E-state index contributed by atoms with van der Waals surface area (Å²) in [6.45, 7) is 2.35. The Bertz CT molecular complexity index is 1080. The average molecular weight is 459 g/mol. The number of anilines is 1. The van der Waals surface area contributed by atoms with Crippen molar-refractivity contribution in [3.05, 3.63) is 94.0 Å². The summed E-state index contributed by atoms with van der Waals surface area (Å²) in [7, 11) is -3.81. The molecule has 3 aromatic rings. The topological polar surface area (TPSA) is 75.3 Å². The van der Waals surface area contributed by atoms with E-state index in [1.165, 1.54) is 12.1 Å². The molecule has 5 nitrogen and oxygen atoms in total.